The zero-order valence-electron chi connectivity index (χ0n) is 18.1. The number of rotatable bonds is 9. The smallest absolute Gasteiger partial charge is 0.244 e. The summed E-state index contributed by atoms with van der Waals surface area (Å²) in [6.07, 6.45) is 0.977. The molecular formula is C21H25Cl2N3O5S. The van der Waals surface area contributed by atoms with Crippen LogP contribution in [0.2, 0.25) is 10.0 Å². The fourth-order valence-corrected chi connectivity index (χ4v) is 4.36. The highest BCUT2D eigenvalue weighted by Crippen LogP contribution is 2.27. The highest BCUT2D eigenvalue weighted by atomic mass is 35.5. The van der Waals surface area contributed by atoms with Crippen LogP contribution in [-0.4, -0.2) is 58.1 Å². The van der Waals surface area contributed by atoms with Gasteiger partial charge in [0.05, 0.1) is 19.1 Å². The van der Waals surface area contributed by atoms with Crippen molar-refractivity contribution < 1.29 is 22.7 Å². The number of carbonyl (C=O) groups excluding carboxylic acids is 2. The number of hydrogen-bond donors (Lipinski definition) is 1. The largest absolute Gasteiger partial charge is 0.497 e. The van der Waals surface area contributed by atoms with Crippen LogP contribution in [0, 0.1) is 0 Å². The fraction of sp³-hybridized carbons (Fsp3) is 0.333. The van der Waals surface area contributed by atoms with Crippen molar-refractivity contribution in [2.45, 2.75) is 19.5 Å². The van der Waals surface area contributed by atoms with Crippen molar-refractivity contribution in [2.75, 3.05) is 31.3 Å². The van der Waals surface area contributed by atoms with Gasteiger partial charge in [0.15, 0.2) is 0 Å². The number of ether oxygens (including phenoxy) is 1. The van der Waals surface area contributed by atoms with Crippen molar-refractivity contribution in [1.29, 1.82) is 0 Å². The molecule has 1 unspecified atom stereocenters. The van der Waals surface area contributed by atoms with Crippen molar-refractivity contribution in [1.82, 2.24) is 10.2 Å². The van der Waals surface area contributed by atoms with Gasteiger partial charge < -0.3 is 15.0 Å². The Morgan fingerprint density at radius 3 is 2.12 bits per heavy atom. The zero-order valence-corrected chi connectivity index (χ0v) is 20.5. The fourth-order valence-electron chi connectivity index (χ4n) is 3.02. The molecule has 0 bridgehead atoms. The van der Waals surface area contributed by atoms with Gasteiger partial charge in [-0.3, -0.25) is 13.9 Å². The summed E-state index contributed by atoms with van der Waals surface area (Å²) < 4.78 is 31.0. The number of sulfonamides is 1. The lowest BCUT2D eigenvalue weighted by Gasteiger charge is -2.31. The minimum absolute atomic E-state index is 0.0886. The van der Waals surface area contributed by atoms with E-state index in [1.807, 2.05) is 0 Å². The number of anilines is 1. The molecule has 0 fully saturated rings. The van der Waals surface area contributed by atoms with Gasteiger partial charge in [0.2, 0.25) is 21.8 Å². The molecule has 0 aliphatic carbocycles. The summed E-state index contributed by atoms with van der Waals surface area (Å²) in [5, 5.41) is 2.96. The average molecular weight is 502 g/mol. The summed E-state index contributed by atoms with van der Waals surface area (Å²) in [5.41, 5.74) is 0.891. The Morgan fingerprint density at radius 1 is 1.09 bits per heavy atom. The van der Waals surface area contributed by atoms with Crippen molar-refractivity contribution >= 4 is 50.7 Å². The molecule has 0 heterocycles. The number of likely N-dealkylation sites (N-methyl/N-ethyl adjacent to an activating group) is 1. The maximum Gasteiger partial charge on any atom is 0.244 e. The van der Waals surface area contributed by atoms with Crippen LogP contribution >= 0.6 is 23.2 Å². The molecule has 0 aliphatic rings. The Balaban J connectivity index is 2.39. The molecule has 0 aromatic heterocycles. The second-order valence-electron chi connectivity index (χ2n) is 7.06. The number of halogens is 2. The quantitative estimate of drug-likeness (QED) is 0.569. The van der Waals surface area contributed by atoms with Crippen LogP contribution in [-0.2, 0) is 26.2 Å². The summed E-state index contributed by atoms with van der Waals surface area (Å²) in [6, 6.07) is 10.4. The Kier molecular flexibility index (Phi) is 8.77. The normalized spacial score (nSPS) is 12.1. The highest BCUT2D eigenvalue weighted by Gasteiger charge is 2.30. The predicted octanol–water partition coefficient (Wildman–Crippen LogP) is 2.93. The van der Waals surface area contributed by atoms with Gasteiger partial charge >= 0.3 is 0 Å². The lowest BCUT2D eigenvalue weighted by molar-refractivity contribution is -0.139. The first-order valence-electron chi connectivity index (χ1n) is 9.54. The molecule has 0 aliphatic heterocycles. The molecule has 0 radical (unpaired) electrons. The van der Waals surface area contributed by atoms with E-state index >= 15 is 0 Å². The number of methoxy groups -OCH3 is 1. The van der Waals surface area contributed by atoms with Crippen LogP contribution in [0.4, 0.5) is 5.69 Å². The van der Waals surface area contributed by atoms with Crippen molar-refractivity contribution in [3.63, 3.8) is 0 Å². The average Bonchev–Trinajstić information content (AvgIpc) is 2.73. The van der Waals surface area contributed by atoms with Gasteiger partial charge in [-0.15, -0.1) is 0 Å². The van der Waals surface area contributed by atoms with Crippen LogP contribution in [0.5, 0.6) is 5.75 Å². The first-order valence-corrected chi connectivity index (χ1v) is 12.1. The first-order chi connectivity index (χ1) is 15.0. The molecule has 2 amide bonds. The Labute approximate surface area is 198 Å². The highest BCUT2D eigenvalue weighted by molar-refractivity contribution is 7.92. The molecule has 0 spiro atoms. The second kappa shape index (κ2) is 10.9. The molecule has 2 aromatic rings. The van der Waals surface area contributed by atoms with Gasteiger partial charge in [0, 0.05) is 23.6 Å². The molecular weight excluding hydrogens is 477 g/mol. The minimum Gasteiger partial charge on any atom is -0.497 e. The maximum absolute atomic E-state index is 13.3. The third kappa shape index (κ3) is 6.75. The molecule has 1 N–H and O–H groups in total. The Morgan fingerprint density at radius 2 is 1.66 bits per heavy atom. The minimum atomic E-state index is -3.86. The van der Waals surface area contributed by atoms with E-state index in [9.17, 15) is 18.0 Å². The third-order valence-electron chi connectivity index (χ3n) is 4.74. The summed E-state index contributed by atoms with van der Waals surface area (Å²) in [6.45, 7) is 1.12. The number of amides is 2. The Bertz CT molecular complexity index is 1060. The van der Waals surface area contributed by atoms with Gasteiger partial charge in [-0.05, 0) is 42.8 Å². The van der Waals surface area contributed by atoms with E-state index in [0.29, 0.717) is 5.75 Å². The second-order valence-corrected chi connectivity index (χ2v) is 9.84. The SMILES string of the molecule is CNC(=O)C(C)N(Cc1ccc(OC)cc1)C(=O)CN(c1cc(Cl)cc(Cl)c1)S(C)(=O)=O. The molecule has 11 heteroatoms. The number of hydrogen-bond acceptors (Lipinski definition) is 5. The van der Waals surface area contributed by atoms with Gasteiger partial charge in [-0.2, -0.15) is 0 Å². The van der Waals surface area contributed by atoms with Crippen LogP contribution in [0.25, 0.3) is 0 Å². The molecule has 2 aromatic carbocycles. The van der Waals surface area contributed by atoms with E-state index in [4.69, 9.17) is 27.9 Å². The van der Waals surface area contributed by atoms with Gasteiger partial charge in [0.1, 0.15) is 18.3 Å². The summed E-state index contributed by atoms with van der Waals surface area (Å²) in [5.74, 6) is -0.311. The van der Waals surface area contributed by atoms with Crippen LogP contribution < -0.4 is 14.4 Å². The molecule has 1 atom stereocenters. The zero-order chi connectivity index (χ0) is 24.1. The molecule has 0 saturated heterocycles. The monoisotopic (exact) mass is 501 g/mol. The van der Waals surface area contributed by atoms with Crippen molar-refractivity contribution in [3.05, 3.63) is 58.1 Å². The topological polar surface area (TPSA) is 96.0 Å². The van der Waals surface area contributed by atoms with E-state index in [1.165, 1.54) is 30.1 Å². The standard InChI is InChI=1S/C21H25Cl2N3O5S/c1-14(21(28)24-2)25(12-15-5-7-19(31-3)8-6-15)20(27)13-26(32(4,29)30)18-10-16(22)9-17(23)11-18/h5-11,14H,12-13H2,1-4H3,(H,24,28). The molecule has 0 saturated carbocycles. The van der Waals surface area contributed by atoms with Crippen molar-refractivity contribution in [2.24, 2.45) is 0 Å². The van der Waals surface area contributed by atoms with Gasteiger partial charge in [0.25, 0.3) is 0 Å². The molecule has 32 heavy (non-hydrogen) atoms. The van der Waals surface area contributed by atoms with Gasteiger partial charge in [-0.25, -0.2) is 8.42 Å². The van der Waals surface area contributed by atoms with E-state index in [1.54, 1.807) is 38.3 Å². The Hall–Kier alpha value is -2.49. The van der Waals surface area contributed by atoms with E-state index in [-0.39, 0.29) is 28.2 Å². The van der Waals surface area contributed by atoms with Crippen LogP contribution in [0.3, 0.4) is 0 Å². The lowest BCUT2D eigenvalue weighted by Crippen LogP contribution is -2.50. The molecule has 174 valence electrons. The number of benzene rings is 2. The summed E-state index contributed by atoms with van der Waals surface area (Å²) >= 11 is 12.0. The van der Waals surface area contributed by atoms with Gasteiger partial charge in [-0.1, -0.05) is 35.3 Å². The maximum atomic E-state index is 13.3. The molecule has 2 rings (SSSR count). The van der Waals surface area contributed by atoms with Crippen LogP contribution in [0.15, 0.2) is 42.5 Å². The molecule has 8 nitrogen and oxygen atoms in total. The van der Waals surface area contributed by atoms with E-state index < -0.39 is 28.5 Å². The number of carbonyl (C=O) groups is 2. The van der Waals surface area contributed by atoms with E-state index in [2.05, 4.69) is 5.32 Å². The predicted molar refractivity (Wildman–Crippen MR) is 126 cm³/mol. The summed E-state index contributed by atoms with van der Waals surface area (Å²) in [4.78, 5) is 26.9. The lowest BCUT2D eigenvalue weighted by atomic mass is 10.1. The number of nitrogens with zero attached hydrogens (tertiary/aromatic N) is 2. The van der Waals surface area contributed by atoms with Crippen molar-refractivity contribution in [3.8, 4) is 5.75 Å². The third-order valence-corrected chi connectivity index (χ3v) is 6.32. The number of nitrogens with one attached hydrogen (secondary N) is 1. The van der Waals surface area contributed by atoms with E-state index in [0.717, 1.165) is 16.1 Å². The summed E-state index contributed by atoms with van der Waals surface area (Å²) in [7, 11) is -0.856. The van der Waals surface area contributed by atoms with Crippen LogP contribution in [0.1, 0.15) is 12.5 Å². The first kappa shape index (κ1) is 25.8.